The van der Waals surface area contributed by atoms with E-state index in [1.54, 1.807) is 0 Å². The Hall–Kier alpha value is -10.2. The monoisotopic (exact) mass is 1080 g/mol. The van der Waals surface area contributed by atoms with E-state index in [-0.39, 0.29) is 23.3 Å². The smallest absolute Gasteiger partial charge is 0.164 e. The second-order valence-corrected chi connectivity index (χ2v) is 23.7. The Morgan fingerprint density at radius 1 is 0.440 bits per heavy atom. The lowest BCUT2D eigenvalue weighted by atomic mass is 9.65. The van der Waals surface area contributed by atoms with Gasteiger partial charge in [0.2, 0.25) is 0 Å². The van der Waals surface area contributed by atoms with Crippen molar-refractivity contribution in [3.63, 3.8) is 0 Å². The zero-order valence-electron chi connectivity index (χ0n) is 46.7. The molecule has 5 nitrogen and oxygen atoms in total. The van der Waals surface area contributed by atoms with Crippen molar-refractivity contribution in [1.82, 2.24) is 19.5 Å². The van der Waals surface area contributed by atoms with Gasteiger partial charge in [-0.1, -0.05) is 250 Å². The molecule has 2 heterocycles. The van der Waals surface area contributed by atoms with E-state index in [4.69, 9.17) is 15.0 Å². The van der Waals surface area contributed by atoms with E-state index in [1.807, 2.05) is 36.4 Å². The quantitative estimate of drug-likeness (QED) is 0.152. The van der Waals surface area contributed by atoms with E-state index in [1.165, 1.54) is 94.6 Å². The van der Waals surface area contributed by atoms with Crippen molar-refractivity contribution in [2.24, 2.45) is 5.92 Å². The van der Waals surface area contributed by atoms with Crippen LogP contribution in [-0.2, 0) is 17.3 Å². The van der Waals surface area contributed by atoms with Crippen LogP contribution in [0.5, 0.6) is 0 Å². The van der Waals surface area contributed by atoms with Crippen LogP contribution in [0, 0.1) is 5.92 Å². The molecular weight excluding hydrogens is 1020 g/mol. The predicted molar refractivity (Wildman–Crippen MR) is 344 cm³/mol. The number of aromatic nitrogens is 4. The van der Waals surface area contributed by atoms with Crippen molar-refractivity contribution in [2.45, 2.75) is 43.1 Å². The van der Waals surface area contributed by atoms with Crippen LogP contribution < -0.4 is 4.90 Å². The first-order valence-electron chi connectivity index (χ1n) is 29.5. The van der Waals surface area contributed by atoms with Gasteiger partial charge in [-0.3, -0.25) is 0 Å². The van der Waals surface area contributed by atoms with Crippen LogP contribution >= 0.6 is 0 Å². The van der Waals surface area contributed by atoms with Gasteiger partial charge in [-0.2, -0.15) is 0 Å². The summed E-state index contributed by atoms with van der Waals surface area (Å²) in [6.07, 6.45) is 15.1. The molecule has 5 aliphatic carbocycles. The minimum Gasteiger partial charge on any atom is -0.334 e. The third kappa shape index (κ3) is 7.11. The summed E-state index contributed by atoms with van der Waals surface area (Å²) >= 11 is 0. The number of anilines is 2. The average Bonchev–Trinajstić information content (AvgIpc) is 1.53. The summed E-state index contributed by atoms with van der Waals surface area (Å²) in [6.45, 7) is 4.77. The van der Waals surface area contributed by atoms with Gasteiger partial charge in [0.1, 0.15) is 0 Å². The Labute approximate surface area is 490 Å². The van der Waals surface area contributed by atoms with Crippen LogP contribution in [0.3, 0.4) is 0 Å². The molecule has 0 aliphatic heterocycles. The Morgan fingerprint density at radius 3 is 1.76 bits per heavy atom. The van der Waals surface area contributed by atoms with E-state index >= 15 is 0 Å². The Kier molecular flexibility index (Phi) is 10.8. The molecule has 398 valence electrons. The van der Waals surface area contributed by atoms with Crippen molar-refractivity contribution >= 4 is 28.4 Å². The van der Waals surface area contributed by atoms with E-state index in [9.17, 15) is 0 Å². The number of rotatable bonds is 8. The van der Waals surface area contributed by atoms with Crippen molar-refractivity contribution in [3.8, 4) is 73.2 Å². The fourth-order valence-electron chi connectivity index (χ4n) is 15.4. The fraction of sp³-hybridized carbons (Fsp3) is 0.101. The van der Waals surface area contributed by atoms with Crippen LogP contribution in [0.2, 0.25) is 0 Å². The molecule has 4 unspecified atom stereocenters. The van der Waals surface area contributed by atoms with Crippen molar-refractivity contribution in [3.05, 3.63) is 318 Å². The molecule has 0 bridgehead atoms. The van der Waals surface area contributed by atoms with E-state index in [0.717, 1.165) is 34.5 Å². The topological polar surface area (TPSA) is 46.8 Å². The molecule has 12 aromatic rings. The lowest BCUT2D eigenvalue weighted by Crippen LogP contribution is -2.33. The molecule has 0 fully saturated rings. The first-order chi connectivity index (χ1) is 41.4. The standard InChI is InChI=1S/C79H57N5/c1-78(2)66-33-16-12-29-59(66)62-43-41-58(49-71(62)78)83(55-39-37-51(38-40-55)50-21-6-3-7-22-50)57-42-46-72-65(48-57)63-44-45-70-73(64-32-15-19-36-69(64)79(70)67-34-17-13-30-60(67)61-31-14-18-35-68(61)79)74(63)84(72)56-28-20-27-54(47-56)77-81-75(52-23-8-4-9-24-52)80-76(82-77)53-25-10-5-11-26-53/h3-47,49,57,60,67H,48H2,1-2H3. The van der Waals surface area contributed by atoms with Crippen molar-refractivity contribution in [1.29, 1.82) is 0 Å². The minimum absolute atomic E-state index is 0.0260. The third-order valence-electron chi connectivity index (χ3n) is 19.1. The number of allylic oxidation sites excluding steroid dienone is 4. The molecule has 0 N–H and O–H groups in total. The lowest BCUT2D eigenvalue weighted by Gasteiger charge is -2.36. The number of fused-ring (bicyclic) bond motifs is 17. The maximum absolute atomic E-state index is 5.26. The van der Waals surface area contributed by atoms with Gasteiger partial charge in [0.15, 0.2) is 17.5 Å². The summed E-state index contributed by atoms with van der Waals surface area (Å²) in [5, 5.41) is 1.26. The van der Waals surface area contributed by atoms with Gasteiger partial charge in [-0.25, -0.2) is 15.0 Å². The minimum atomic E-state index is -0.394. The zero-order valence-corrected chi connectivity index (χ0v) is 46.7. The van der Waals surface area contributed by atoms with Crippen molar-refractivity contribution in [2.75, 3.05) is 4.90 Å². The number of nitrogens with zero attached hydrogens (tertiary/aromatic N) is 5. The number of benzene rings is 10. The molecule has 0 saturated heterocycles. The SMILES string of the molecule is CC1(C)c2ccccc2-c2ccc(N(c3ccc(-c4ccccc4)cc3)C3C=Cc4c(c5ccc6c(c5n4-c4cccc(-c5nc(-c7ccccc7)nc(-c7ccccc7)n5)c4)-c4ccccc4C64c5ccccc5C5C=CC=CC54)C3)cc21. The first kappa shape index (κ1) is 48.5. The van der Waals surface area contributed by atoms with Crippen LogP contribution in [-0.4, -0.2) is 25.6 Å². The summed E-state index contributed by atoms with van der Waals surface area (Å²) in [4.78, 5) is 18.2. The second kappa shape index (κ2) is 18.6. The van der Waals surface area contributed by atoms with Gasteiger partial charge in [-0.05, 0) is 116 Å². The molecule has 0 radical (unpaired) electrons. The van der Waals surface area contributed by atoms with Gasteiger partial charge in [-0.15, -0.1) is 0 Å². The molecule has 2 aromatic heterocycles. The second-order valence-electron chi connectivity index (χ2n) is 23.7. The zero-order chi connectivity index (χ0) is 55.7. The van der Waals surface area contributed by atoms with E-state index in [0.29, 0.717) is 17.5 Å². The van der Waals surface area contributed by atoms with Crippen LogP contribution in [0.25, 0.3) is 90.2 Å². The molecule has 0 saturated carbocycles. The Balaban J connectivity index is 0.888. The number of hydrogen-bond donors (Lipinski definition) is 0. The third-order valence-corrected chi connectivity index (χ3v) is 19.1. The van der Waals surface area contributed by atoms with Crippen LogP contribution in [0.15, 0.2) is 273 Å². The van der Waals surface area contributed by atoms with Crippen LogP contribution in [0.4, 0.5) is 11.4 Å². The summed E-state index contributed by atoms with van der Waals surface area (Å²) in [7, 11) is 0. The molecule has 1 spiro atoms. The Bertz CT molecular complexity index is 4680. The largest absolute Gasteiger partial charge is 0.334 e. The number of hydrogen-bond acceptors (Lipinski definition) is 4. The van der Waals surface area contributed by atoms with Gasteiger partial charge < -0.3 is 9.47 Å². The maximum Gasteiger partial charge on any atom is 0.164 e. The van der Waals surface area contributed by atoms with E-state index in [2.05, 4.69) is 266 Å². The molecule has 0 amide bonds. The van der Waals surface area contributed by atoms with Gasteiger partial charge >= 0.3 is 0 Å². The highest BCUT2D eigenvalue weighted by molar-refractivity contribution is 6.06. The average molecular weight is 1080 g/mol. The van der Waals surface area contributed by atoms with Crippen molar-refractivity contribution < 1.29 is 0 Å². The maximum atomic E-state index is 5.26. The van der Waals surface area contributed by atoms with E-state index < -0.39 is 5.41 Å². The van der Waals surface area contributed by atoms with Crippen LogP contribution in [0.1, 0.15) is 64.4 Å². The highest BCUT2D eigenvalue weighted by Crippen LogP contribution is 2.66. The van der Waals surface area contributed by atoms with Gasteiger partial charge in [0, 0.05) is 67.6 Å². The van der Waals surface area contributed by atoms with Gasteiger partial charge in [0.05, 0.1) is 17.0 Å². The normalized spacial score (nSPS) is 18.7. The molecular formula is C79H57N5. The molecule has 17 rings (SSSR count). The highest BCUT2D eigenvalue weighted by Gasteiger charge is 2.57. The fourth-order valence-corrected chi connectivity index (χ4v) is 15.4. The molecule has 5 aliphatic rings. The summed E-state index contributed by atoms with van der Waals surface area (Å²) < 4.78 is 2.58. The summed E-state index contributed by atoms with van der Waals surface area (Å²) in [6, 6.07) is 89.1. The van der Waals surface area contributed by atoms with Gasteiger partial charge in [0.25, 0.3) is 0 Å². The summed E-state index contributed by atoms with van der Waals surface area (Å²) in [5.74, 6) is 2.37. The molecule has 84 heavy (non-hydrogen) atoms. The summed E-state index contributed by atoms with van der Waals surface area (Å²) in [5.41, 5.74) is 25.3. The lowest BCUT2D eigenvalue weighted by molar-refractivity contribution is 0.466. The highest BCUT2D eigenvalue weighted by atomic mass is 15.2. The molecule has 10 aromatic carbocycles. The molecule has 5 heteroatoms. The predicted octanol–water partition coefficient (Wildman–Crippen LogP) is 18.7. The Morgan fingerprint density at radius 2 is 1.02 bits per heavy atom. The first-order valence-corrected chi connectivity index (χ1v) is 29.5. The molecule has 4 atom stereocenters.